The highest BCUT2D eigenvalue weighted by molar-refractivity contribution is 5.90. The number of hydrogen-bond acceptors (Lipinski definition) is 1. The summed E-state index contributed by atoms with van der Waals surface area (Å²) >= 11 is 0. The average molecular weight is 722 g/mol. The first-order valence-corrected chi connectivity index (χ1v) is 20.1. The van der Waals surface area contributed by atoms with Crippen LogP contribution in [0.2, 0.25) is 0 Å². The lowest BCUT2D eigenvalue weighted by Gasteiger charge is -2.46. The molecule has 0 heterocycles. The average Bonchev–Trinajstić information content (AvgIpc) is 3.64. The zero-order valence-corrected chi connectivity index (χ0v) is 32.7. The van der Waals surface area contributed by atoms with E-state index in [9.17, 15) is 0 Å². The van der Waals surface area contributed by atoms with Gasteiger partial charge in [-0.25, -0.2) is 0 Å². The summed E-state index contributed by atoms with van der Waals surface area (Å²) in [6, 6.07) is 64.7. The minimum Gasteiger partial charge on any atom is -0.399 e. The molecule has 272 valence electrons. The molecule has 0 atom stereocenters. The largest absolute Gasteiger partial charge is 0.399 e. The molecule has 0 unspecified atom stereocenters. The molecule has 8 aromatic rings. The summed E-state index contributed by atoms with van der Waals surface area (Å²) in [5.74, 6) is 0. The Kier molecular flexibility index (Phi) is 7.77. The fourth-order valence-corrected chi connectivity index (χ4v) is 10.5. The molecule has 1 spiro atoms. The van der Waals surface area contributed by atoms with Crippen LogP contribution in [0.15, 0.2) is 176 Å². The van der Waals surface area contributed by atoms with Crippen LogP contribution in [0.3, 0.4) is 0 Å². The summed E-state index contributed by atoms with van der Waals surface area (Å²) in [7, 11) is 0. The number of aryl methyl sites for hydroxylation is 2. The van der Waals surface area contributed by atoms with Gasteiger partial charge in [-0.1, -0.05) is 191 Å². The van der Waals surface area contributed by atoms with Crippen LogP contribution in [-0.4, -0.2) is 0 Å². The van der Waals surface area contributed by atoms with Crippen molar-refractivity contribution in [2.75, 3.05) is 5.73 Å². The minimum absolute atomic E-state index is 0.0516. The molecule has 8 aromatic carbocycles. The molecule has 0 aliphatic heterocycles. The van der Waals surface area contributed by atoms with Crippen LogP contribution in [0, 0.1) is 0 Å². The van der Waals surface area contributed by atoms with Gasteiger partial charge in [-0.15, -0.1) is 0 Å². The molecular weight excluding hydrogens is 675 g/mol. The van der Waals surface area contributed by atoms with E-state index in [1.165, 1.54) is 88.7 Å². The van der Waals surface area contributed by atoms with E-state index < -0.39 is 0 Å². The number of fused-ring (bicyclic) bond motifs is 13. The second-order valence-corrected chi connectivity index (χ2v) is 17.0. The highest BCUT2D eigenvalue weighted by Gasteiger charge is 2.53. The van der Waals surface area contributed by atoms with Crippen molar-refractivity contribution in [2.24, 2.45) is 0 Å². The Labute approximate surface area is 331 Å². The number of hydrogen-bond donors (Lipinski definition) is 1. The van der Waals surface area contributed by atoms with E-state index in [0.29, 0.717) is 0 Å². The Bertz CT molecular complexity index is 2780. The second-order valence-electron chi connectivity index (χ2n) is 17.0. The first-order valence-electron chi connectivity index (χ1n) is 20.1. The van der Waals surface area contributed by atoms with Crippen LogP contribution in [0.25, 0.3) is 33.0 Å². The molecular formula is C55H47N. The maximum Gasteiger partial charge on any atom is 0.0719 e. The highest BCUT2D eigenvalue weighted by Crippen LogP contribution is 2.62. The molecule has 3 aliphatic carbocycles. The number of benzene rings is 8. The molecule has 1 nitrogen and oxygen atoms in total. The number of rotatable bonds is 3. The smallest absolute Gasteiger partial charge is 0.0719 e. The maximum atomic E-state index is 6.24. The molecule has 2 N–H and O–H groups in total. The van der Waals surface area contributed by atoms with Crippen LogP contribution in [0.1, 0.15) is 83.3 Å². The van der Waals surface area contributed by atoms with Gasteiger partial charge in [-0.3, -0.25) is 0 Å². The molecule has 11 rings (SSSR count). The molecule has 0 bridgehead atoms. The zero-order valence-electron chi connectivity index (χ0n) is 32.7. The van der Waals surface area contributed by atoms with Gasteiger partial charge < -0.3 is 5.73 Å². The van der Waals surface area contributed by atoms with Crippen molar-refractivity contribution in [3.8, 4) is 22.3 Å². The van der Waals surface area contributed by atoms with Gasteiger partial charge in [0.25, 0.3) is 0 Å². The van der Waals surface area contributed by atoms with E-state index in [0.717, 1.165) is 18.5 Å². The van der Waals surface area contributed by atoms with Crippen LogP contribution in [0.4, 0.5) is 5.69 Å². The quantitative estimate of drug-likeness (QED) is 0.181. The molecule has 0 amide bonds. The number of nitrogens with two attached hydrogens (primary N) is 1. The third kappa shape index (κ3) is 5.00. The summed E-state index contributed by atoms with van der Waals surface area (Å²) in [6.45, 7) is 9.40. The Morgan fingerprint density at radius 3 is 1.48 bits per heavy atom. The maximum absolute atomic E-state index is 6.24. The van der Waals surface area contributed by atoms with Crippen molar-refractivity contribution in [1.29, 1.82) is 0 Å². The van der Waals surface area contributed by atoms with E-state index in [2.05, 4.69) is 204 Å². The van der Waals surface area contributed by atoms with Gasteiger partial charge in [0.05, 0.1) is 5.41 Å². The van der Waals surface area contributed by atoms with Crippen molar-refractivity contribution in [3.05, 3.63) is 232 Å². The fourth-order valence-electron chi connectivity index (χ4n) is 10.5. The van der Waals surface area contributed by atoms with E-state index in [4.69, 9.17) is 5.73 Å². The topological polar surface area (TPSA) is 26.0 Å². The normalized spacial score (nSPS) is 15.4. The van der Waals surface area contributed by atoms with Gasteiger partial charge in [0.15, 0.2) is 0 Å². The first-order chi connectivity index (χ1) is 27.2. The van der Waals surface area contributed by atoms with Crippen molar-refractivity contribution >= 4 is 16.5 Å². The third-order valence-electron chi connectivity index (χ3n) is 13.2. The summed E-state index contributed by atoms with van der Waals surface area (Å²) < 4.78 is 0. The Balaban J connectivity index is 0.000000138. The lowest BCUT2D eigenvalue weighted by atomic mass is 9.55. The molecule has 0 fully saturated rings. The summed E-state index contributed by atoms with van der Waals surface area (Å²) in [5.41, 5.74) is 26.2. The molecule has 0 radical (unpaired) electrons. The molecule has 56 heavy (non-hydrogen) atoms. The van der Waals surface area contributed by atoms with Gasteiger partial charge in [0, 0.05) is 16.5 Å². The molecule has 0 aromatic heterocycles. The SMILES string of the molecule is CC1(C)c2ccccc2-c2ccc(CCc3ccc4ccccc4c3)cc21.CC1(C)c2ccccc2C2(c3ccccc3-c3cc(N)ccc32)c2ccccc21. The third-order valence-corrected chi connectivity index (χ3v) is 13.2. The second kappa shape index (κ2) is 12.7. The van der Waals surface area contributed by atoms with E-state index in [1.807, 2.05) is 0 Å². The summed E-state index contributed by atoms with van der Waals surface area (Å²) in [4.78, 5) is 0. The van der Waals surface area contributed by atoms with Gasteiger partial charge in [-0.05, 0) is 114 Å². The van der Waals surface area contributed by atoms with Crippen LogP contribution < -0.4 is 5.73 Å². The van der Waals surface area contributed by atoms with Crippen molar-refractivity contribution in [1.82, 2.24) is 0 Å². The van der Waals surface area contributed by atoms with Crippen LogP contribution in [0.5, 0.6) is 0 Å². The predicted molar refractivity (Wildman–Crippen MR) is 236 cm³/mol. The monoisotopic (exact) mass is 721 g/mol. The highest BCUT2D eigenvalue weighted by atomic mass is 14.6. The van der Waals surface area contributed by atoms with Crippen LogP contribution in [-0.2, 0) is 29.1 Å². The van der Waals surface area contributed by atoms with Crippen molar-refractivity contribution in [3.63, 3.8) is 0 Å². The standard InChI is InChI=1S/C28H23N.C27H24/c1-27(2)23-11-5-7-13-25(23)28(26-14-8-6-12-24(26)27)21-10-4-3-9-19(21)20-17-18(29)15-16-22(20)28;1-27(2)25-10-6-5-9-23(25)24-16-14-20(18-26(24)27)12-11-19-13-15-21-7-3-4-8-22(21)17-19/h3-17H,29H2,1-2H3;3-10,13-18H,11-12H2,1-2H3. The molecule has 0 saturated carbocycles. The molecule has 3 aliphatic rings. The lowest BCUT2D eigenvalue weighted by Crippen LogP contribution is -2.40. The van der Waals surface area contributed by atoms with Crippen molar-refractivity contribution in [2.45, 2.75) is 56.8 Å². The predicted octanol–water partition coefficient (Wildman–Crippen LogP) is 13.2. The van der Waals surface area contributed by atoms with Crippen LogP contribution >= 0.6 is 0 Å². The van der Waals surface area contributed by atoms with Crippen molar-refractivity contribution < 1.29 is 0 Å². The molecule has 0 saturated heterocycles. The zero-order chi connectivity index (χ0) is 38.2. The van der Waals surface area contributed by atoms with E-state index >= 15 is 0 Å². The van der Waals surface area contributed by atoms with Gasteiger partial charge >= 0.3 is 0 Å². The molecule has 1 heteroatoms. The Morgan fingerprint density at radius 2 is 0.804 bits per heavy atom. The summed E-state index contributed by atoms with van der Waals surface area (Å²) in [5, 5.41) is 2.65. The Morgan fingerprint density at radius 1 is 0.339 bits per heavy atom. The lowest BCUT2D eigenvalue weighted by molar-refractivity contribution is 0.563. The minimum atomic E-state index is -0.303. The fraction of sp³-hybridized carbons (Fsp3) is 0.164. The van der Waals surface area contributed by atoms with E-state index in [-0.39, 0.29) is 16.2 Å². The Hall–Kier alpha value is -6.18. The van der Waals surface area contributed by atoms with Gasteiger partial charge in [-0.2, -0.15) is 0 Å². The first kappa shape index (κ1) is 34.3. The van der Waals surface area contributed by atoms with E-state index in [1.54, 1.807) is 0 Å². The summed E-state index contributed by atoms with van der Waals surface area (Å²) in [6.07, 6.45) is 2.16. The van der Waals surface area contributed by atoms with Gasteiger partial charge in [0.2, 0.25) is 0 Å². The number of anilines is 1. The number of nitrogen functional groups attached to an aromatic ring is 1. The van der Waals surface area contributed by atoms with Gasteiger partial charge in [0.1, 0.15) is 0 Å².